The third-order valence-corrected chi connectivity index (χ3v) is 7.24. The Morgan fingerprint density at radius 2 is 1.92 bits per heavy atom. The number of rotatable bonds is 6. The minimum Gasteiger partial charge on any atom is -0.495 e. The number of sulfonamides is 2. The number of carbonyl (C=O) groups excluding carboxylic acids is 1. The first kappa shape index (κ1) is 20.6. The van der Waals surface area contributed by atoms with E-state index in [4.69, 9.17) is 4.74 Å². The molecule has 0 unspecified atom stereocenters. The van der Waals surface area contributed by atoms with Crippen LogP contribution in [0.4, 0.5) is 5.69 Å². The van der Waals surface area contributed by atoms with Crippen LogP contribution in [0.15, 0.2) is 23.1 Å². The minimum atomic E-state index is -3.69. The lowest BCUT2D eigenvalue weighted by Gasteiger charge is -2.22. The molecule has 0 bridgehead atoms. The van der Waals surface area contributed by atoms with Gasteiger partial charge in [0, 0.05) is 20.6 Å². The monoisotopic (exact) mass is 405 g/mol. The molecular formula is C15H23N3O6S2. The summed E-state index contributed by atoms with van der Waals surface area (Å²) >= 11 is 0. The van der Waals surface area contributed by atoms with Gasteiger partial charge in [-0.05, 0) is 31.0 Å². The van der Waals surface area contributed by atoms with E-state index in [9.17, 15) is 21.6 Å². The summed E-state index contributed by atoms with van der Waals surface area (Å²) in [6.07, 6.45) is 2.04. The maximum atomic E-state index is 12.6. The van der Waals surface area contributed by atoms with Gasteiger partial charge in [0.05, 0.1) is 23.9 Å². The van der Waals surface area contributed by atoms with E-state index in [2.05, 4.69) is 5.32 Å². The van der Waals surface area contributed by atoms with Gasteiger partial charge in [0.25, 0.3) is 0 Å². The van der Waals surface area contributed by atoms with E-state index in [0.29, 0.717) is 12.8 Å². The van der Waals surface area contributed by atoms with Crippen molar-refractivity contribution in [1.29, 1.82) is 0 Å². The first-order chi connectivity index (χ1) is 12.0. The SMILES string of the molecule is COc1ccc(S(=O)(=O)N(C)C)cc1NC(=O)[C@H]1CCCN1S(C)(=O)=O. The summed E-state index contributed by atoms with van der Waals surface area (Å²) in [6, 6.07) is 3.28. The van der Waals surface area contributed by atoms with Crippen molar-refractivity contribution >= 4 is 31.6 Å². The summed E-state index contributed by atoms with van der Waals surface area (Å²) in [5.41, 5.74) is 0.167. The van der Waals surface area contributed by atoms with E-state index in [1.165, 1.54) is 39.4 Å². The number of amides is 1. The smallest absolute Gasteiger partial charge is 0.242 e. The lowest BCUT2D eigenvalue weighted by molar-refractivity contribution is -0.119. The summed E-state index contributed by atoms with van der Waals surface area (Å²) in [5.74, 6) is -0.245. The van der Waals surface area contributed by atoms with Gasteiger partial charge in [-0.2, -0.15) is 4.31 Å². The number of ether oxygens (including phenoxy) is 1. The molecule has 26 heavy (non-hydrogen) atoms. The van der Waals surface area contributed by atoms with E-state index >= 15 is 0 Å². The van der Waals surface area contributed by atoms with Crippen LogP contribution >= 0.6 is 0 Å². The van der Waals surface area contributed by atoms with Gasteiger partial charge in [-0.25, -0.2) is 21.1 Å². The normalized spacial score (nSPS) is 18.9. The molecule has 11 heteroatoms. The van der Waals surface area contributed by atoms with Gasteiger partial charge in [-0.15, -0.1) is 0 Å². The molecule has 9 nitrogen and oxygen atoms in total. The lowest BCUT2D eigenvalue weighted by Crippen LogP contribution is -2.42. The Hall–Kier alpha value is -1.69. The Morgan fingerprint density at radius 1 is 1.27 bits per heavy atom. The molecule has 1 fully saturated rings. The maximum absolute atomic E-state index is 12.6. The van der Waals surface area contributed by atoms with Crippen LogP contribution in [-0.4, -0.2) is 71.4 Å². The summed E-state index contributed by atoms with van der Waals surface area (Å²) in [7, 11) is -3.00. The molecule has 0 radical (unpaired) electrons. The molecule has 1 saturated heterocycles. The van der Waals surface area contributed by atoms with Crippen molar-refractivity contribution in [3.8, 4) is 5.75 Å². The molecule has 1 aliphatic rings. The van der Waals surface area contributed by atoms with Gasteiger partial charge in [0.2, 0.25) is 26.0 Å². The van der Waals surface area contributed by atoms with Crippen LogP contribution in [-0.2, 0) is 24.8 Å². The highest BCUT2D eigenvalue weighted by molar-refractivity contribution is 7.89. The Labute approximate surface area is 154 Å². The van der Waals surface area contributed by atoms with Crippen molar-refractivity contribution in [2.45, 2.75) is 23.8 Å². The van der Waals surface area contributed by atoms with Crippen LogP contribution in [0.3, 0.4) is 0 Å². The van der Waals surface area contributed by atoms with Crippen LogP contribution in [0.25, 0.3) is 0 Å². The molecular weight excluding hydrogens is 382 g/mol. The van der Waals surface area contributed by atoms with Gasteiger partial charge < -0.3 is 10.1 Å². The number of benzene rings is 1. The Bertz CT molecular complexity index is 896. The summed E-state index contributed by atoms with van der Waals surface area (Å²) in [6.45, 7) is 0.281. The van der Waals surface area contributed by atoms with E-state index < -0.39 is 32.0 Å². The number of hydrogen-bond acceptors (Lipinski definition) is 6. The van der Waals surface area contributed by atoms with Gasteiger partial charge in [-0.1, -0.05) is 0 Å². The molecule has 2 rings (SSSR count). The number of hydrogen-bond donors (Lipinski definition) is 1. The van der Waals surface area contributed by atoms with Crippen molar-refractivity contribution in [1.82, 2.24) is 8.61 Å². The summed E-state index contributed by atoms with van der Waals surface area (Å²) < 4.78 is 55.6. The fourth-order valence-corrected chi connectivity index (χ4v) is 4.82. The predicted octanol–water partition coefficient (Wildman–Crippen LogP) is 0.308. The minimum absolute atomic E-state index is 0.00927. The second-order valence-corrected chi connectivity index (χ2v) is 10.3. The zero-order chi connectivity index (χ0) is 19.7. The van der Waals surface area contributed by atoms with Crippen molar-refractivity contribution in [2.75, 3.05) is 39.3 Å². The van der Waals surface area contributed by atoms with Gasteiger partial charge in [-0.3, -0.25) is 4.79 Å². The molecule has 1 atom stereocenters. The van der Waals surface area contributed by atoms with E-state index in [-0.39, 0.29) is 22.9 Å². The van der Waals surface area contributed by atoms with Crippen LogP contribution < -0.4 is 10.1 Å². The Morgan fingerprint density at radius 3 is 2.46 bits per heavy atom. The molecule has 0 spiro atoms. The molecule has 0 aromatic heterocycles. The highest BCUT2D eigenvalue weighted by Gasteiger charge is 2.36. The molecule has 1 N–H and O–H groups in total. The van der Waals surface area contributed by atoms with Crippen LogP contribution in [0.5, 0.6) is 5.75 Å². The van der Waals surface area contributed by atoms with E-state index in [0.717, 1.165) is 14.9 Å². The number of carbonyl (C=O) groups is 1. The topological polar surface area (TPSA) is 113 Å². The average Bonchev–Trinajstić information content (AvgIpc) is 3.04. The maximum Gasteiger partial charge on any atom is 0.242 e. The number of nitrogens with one attached hydrogen (secondary N) is 1. The van der Waals surface area contributed by atoms with Crippen molar-refractivity contribution in [3.63, 3.8) is 0 Å². The highest BCUT2D eigenvalue weighted by atomic mass is 32.2. The standard InChI is InChI=1S/C15H23N3O6S2/c1-17(2)26(22,23)11-7-8-14(24-3)12(10-11)16-15(19)13-6-5-9-18(13)25(4,20)21/h7-8,10,13H,5-6,9H2,1-4H3,(H,16,19)/t13-/m1/s1. The van der Waals surface area contributed by atoms with Crippen molar-refractivity contribution < 1.29 is 26.4 Å². The quantitative estimate of drug-likeness (QED) is 0.729. The fourth-order valence-electron chi connectivity index (χ4n) is 2.77. The number of methoxy groups -OCH3 is 1. The lowest BCUT2D eigenvalue weighted by atomic mass is 10.2. The second-order valence-electron chi connectivity index (χ2n) is 6.17. The van der Waals surface area contributed by atoms with Crippen LogP contribution in [0.1, 0.15) is 12.8 Å². The predicted molar refractivity (Wildman–Crippen MR) is 97.1 cm³/mol. The van der Waals surface area contributed by atoms with Gasteiger partial charge >= 0.3 is 0 Å². The number of anilines is 1. The summed E-state index contributed by atoms with van der Waals surface area (Å²) in [4.78, 5) is 12.6. The van der Waals surface area contributed by atoms with Gasteiger partial charge in [0.1, 0.15) is 11.8 Å². The molecule has 1 heterocycles. The average molecular weight is 405 g/mol. The first-order valence-corrected chi connectivity index (χ1v) is 11.2. The first-order valence-electron chi connectivity index (χ1n) is 7.86. The number of nitrogens with zero attached hydrogens (tertiary/aromatic N) is 2. The van der Waals surface area contributed by atoms with E-state index in [1.54, 1.807) is 0 Å². The molecule has 0 aliphatic carbocycles. The third kappa shape index (κ3) is 4.17. The zero-order valence-corrected chi connectivity index (χ0v) is 16.7. The second kappa shape index (κ2) is 7.51. The Kier molecular flexibility index (Phi) is 5.95. The molecule has 1 aromatic rings. The van der Waals surface area contributed by atoms with Gasteiger partial charge in [0.15, 0.2) is 0 Å². The summed E-state index contributed by atoms with van der Waals surface area (Å²) in [5, 5.41) is 2.60. The largest absolute Gasteiger partial charge is 0.495 e. The highest BCUT2D eigenvalue weighted by Crippen LogP contribution is 2.30. The molecule has 1 amide bonds. The van der Waals surface area contributed by atoms with Crippen LogP contribution in [0.2, 0.25) is 0 Å². The molecule has 146 valence electrons. The third-order valence-electron chi connectivity index (χ3n) is 4.14. The fraction of sp³-hybridized carbons (Fsp3) is 0.533. The Balaban J connectivity index is 2.35. The molecule has 0 saturated carbocycles. The van der Waals surface area contributed by atoms with E-state index in [1.807, 2.05) is 0 Å². The van der Waals surface area contributed by atoms with Crippen LogP contribution in [0, 0.1) is 0 Å². The van der Waals surface area contributed by atoms with Crippen molar-refractivity contribution in [3.05, 3.63) is 18.2 Å². The van der Waals surface area contributed by atoms with Crippen molar-refractivity contribution in [2.24, 2.45) is 0 Å². The molecule has 1 aliphatic heterocycles. The zero-order valence-electron chi connectivity index (χ0n) is 15.1. The molecule has 1 aromatic carbocycles.